The number of hydrogen-bond donors (Lipinski definition) is 1. The molecule has 0 unspecified atom stereocenters. The Morgan fingerprint density at radius 1 is 1.18 bits per heavy atom. The molecule has 0 bridgehead atoms. The van der Waals surface area contributed by atoms with Crippen molar-refractivity contribution in [2.24, 2.45) is 5.92 Å². The molecule has 1 aromatic carbocycles. The van der Waals surface area contributed by atoms with Crippen LogP contribution >= 0.6 is 0 Å². The average molecular weight is 405 g/mol. The molecule has 0 spiro atoms. The summed E-state index contributed by atoms with van der Waals surface area (Å²) in [6, 6.07) is 10.3. The van der Waals surface area contributed by atoms with Crippen molar-refractivity contribution in [2.45, 2.75) is 31.7 Å². The quantitative estimate of drug-likeness (QED) is 0.739. The Morgan fingerprint density at radius 3 is 2.46 bits per heavy atom. The SMILES string of the molecule is CS(=O)(=O)OC[C@H]1CC[C@H](n2ccc(NC(=O)c3ccccc3)nc2=O)CC1. The Labute approximate surface area is 163 Å². The van der Waals surface area contributed by atoms with Crippen LogP contribution in [-0.4, -0.2) is 36.7 Å². The summed E-state index contributed by atoms with van der Waals surface area (Å²) < 4.78 is 28.6. The molecule has 3 rings (SSSR count). The van der Waals surface area contributed by atoms with Gasteiger partial charge in [0.05, 0.1) is 12.9 Å². The van der Waals surface area contributed by atoms with Crippen molar-refractivity contribution < 1.29 is 17.4 Å². The number of nitrogens with zero attached hydrogens (tertiary/aromatic N) is 2. The second kappa shape index (κ2) is 8.66. The molecule has 2 aromatic rings. The second-order valence-corrected chi connectivity index (χ2v) is 8.63. The molecule has 1 heterocycles. The molecular formula is C19H23N3O5S. The van der Waals surface area contributed by atoms with Crippen LogP contribution in [0.15, 0.2) is 47.4 Å². The minimum Gasteiger partial charge on any atom is -0.306 e. The highest BCUT2D eigenvalue weighted by Gasteiger charge is 2.24. The molecule has 8 nitrogen and oxygen atoms in total. The van der Waals surface area contributed by atoms with Gasteiger partial charge < -0.3 is 5.32 Å². The normalized spacial score (nSPS) is 19.9. The number of carbonyl (C=O) groups is 1. The van der Waals surface area contributed by atoms with Crippen LogP contribution in [-0.2, 0) is 14.3 Å². The smallest absolute Gasteiger partial charge is 0.306 e. The summed E-state index contributed by atoms with van der Waals surface area (Å²) in [4.78, 5) is 28.5. The molecule has 1 N–H and O–H groups in total. The van der Waals surface area contributed by atoms with Gasteiger partial charge in [0.1, 0.15) is 5.82 Å². The van der Waals surface area contributed by atoms with Crippen molar-refractivity contribution in [3.05, 3.63) is 58.6 Å². The summed E-state index contributed by atoms with van der Waals surface area (Å²) >= 11 is 0. The minimum atomic E-state index is -3.43. The van der Waals surface area contributed by atoms with Gasteiger partial charge in [-0.2, -0.15) is 13.4 Å². The van der Waals surface area contributed by atoms with Gasteiger partial charge in [-0.25, -0.2) is 4.79 Å². The third-order valence-corrected chi connectivity index (χ3v) is 5.40. The van der Waals surface area contributed by atoms with E-state index in [2.05, 4.69) is 10.3 Å². The molecule has 0 saturated heterocycles. The zero-order valence-corrected chi connectivity index (χ0v) is 16.4. The summed E-state index contributed by atoms with van der Waals surface area (Å²) in [5.41, 5.74) is 0.0739. The maximum atomic E-state index is 12.4. The number of rotatable bonds is 6. The monoisotopic (exact) mass is 405 g/mol. The van der Waals surface area contributed by atoms with E-state index in [9.17, 15) is 18.0 Å². The zero-order chi connectivity index (χ0) is 20.1. The van der Waals surface area contributed by atoms with Crippen LogP contribution in [0.2, 0.25) is 0 Å². The highest BCUT2D eigenvalue weighted by molar-refractivity contribution is 7.85. The average Bonchev–Trinajstić information content (AvgIpc) is 2.67. The van der Waals surface area contributed by atoms with E-state index in [0.717, 1.165) is 31.9 Å². The Bertz CT molecular complexity index is 980. The van der Waals surface area contributed by atoms with Gasteiger partial charge in [-0.3, -0.25) is 13.5 Å². The molecule has 1 aliphatic rings. The van der Waals surface area contributed by atoms with Crippen LogP contribution in [0, 0.1) is 5.92 Å². The molecule has 0 atom stereocenters. The van der Waals surface area contributed by atoms with Crippen LogP contribution in [0.3, 0.4) is 0 Å². The Balaban J connectivity index is 1.59. The molecule has 0 aliphatic heterocycles. The first-order valence-corrected chi connectivity index (χ1v) is 10.9. The van der Waals surface area contributed by atoms with Crippen molar-refractivity contribution in [3.8, 4) is 0 Å². The topological polar surface area (TPSA) is 107 Å². The molecule has 28 heavy (non-hydrogen) atoms. The fourth-order valence-electron chi connectivity index (χ4n) is 3.35. The molecule has 1 fully saturated rings. The zero-order valence-electron chi connectivity index (χ0n) is 15.6. The fourth-order valence-corrected chi connectivity index (χ4v) is 3.79. The standard InChI is InChI=1S/C19H23N3O5S/c1-28(25,26)27-13-14-7-9-16(10-8-14)22-12-11-17(21-19(22)24)20-18(23)15-5-3-2-4-6-15/h2-6,11-12,14,16H,7-10,13H2,1H3,(H,20,21,23,24)/t14-,16-. The highest BCUT2D eigenvalue weighted by atomic mass is 32.2. The molecule has 0 radical (unpaired) electrons. The van der Waals surface area contributed by atoms with E-state index >= 15 is 0 Å². The number of amides is 1. The largest absolute Gasteiger partial charge is 0.349 e. The molecule has 1 amide bonds. The molecule has 1 aromatic heterocycles. The fraction of sp³-hybridized carbons (Fsp3) is 0.421. The van der Waals surface area contributed by atoms with E-state index in [1.54, 1.807) is 41.1 Å². The molecule has 1 aliphatic carbocycles. The van der Waals surface area contributed by atoms with Crippen molar-refractivity contribution in [2.75, 3.05) is 18.2 Å². The van der Waals surface area contributed by atoms with E-state index in [1.165, 1.54) is 0 Å². The van der Waals surface area contributed by atoms with Gasteiger partial charge >= 0.3 is 5.69 Å². The van der Waals surface area contributed by atoms with Crippen molar-refractivity contribution in [1.82, 2.24) is 9.55 Å². The van der Waals surface area contributed by atoms with Gasteiger partial charge in [-0.1, -0.05) is 18.2 Å². The van der Waals surface area contributed by atoms with Crippen molar-refractivity contribution in [1.29, 1.82) is 0 Å². The molecule has 150 valence electrons. The Morgan fingerprint density at radius 2 is 1.86 bits per heavy atom. The number of nitrogens with one attached hydrogen (secondary N) is 1. The highest BCUT2D eigenvalue weighted by Crippen LogP contribution is 2.31. The van der Waals surface area contributed by atoms with Crippen LogP contribution in [0.4, 0.5) is 5.82 Å². The first-order chi connectivity index (χ1) is 13.3. The molecule has 9 heteroatoms. The van der Waals surface area contributed by atoms with Gasteiger partial charge in [0, 0.05) is 17.8 Å². The van der Waals surface area contributed by atoms with Crippen LogP contribution in [0.5, 0.6) is 0 Å². The van der Waals surface area contributed by atoms with Gasteiger partial charge in [0.25, 0.3) is 16.0 Å². The summed E-state index contributed by atoms with van der Waals surface area (Å²) in [5.74, 6) is 0.0565. The maximum Gasteiger partial charge on any atom is 0.349 e. The third kappa shape index (κ3) is 5.49. The predicted molar refractivity (Wildman–Crippen MR) is 105 cm³/mol. The Hall–Kier alpha value is -2.52. The van der Waals surface area contributed by atoms with Gasteiger partial charge in [0.2, 0.25) is 0 Å². The van der Waals surface area contributed by atoms with Gasteiger partial charge in [-0.15, -0.1) is 0 Å². The van der Waals surface area contributed by atoms with Crippen LogP contribution in [0.1, 0.15) is 42.1 Å². The molecular weight excluding hydrogens is 382 g/mol. The lowest BCUT2D eigenvalue weighted by molar-refractivity contribution is 0.102. The summed E-state index contributed by atoms with van der Waals surface area (Å²) in [5, 5.41) is 2.63. The minimum absolute atomic E-state index is 0.00774. The van der Waals surface area contributed by atoms with E-state index < -0.39 is 15.8 Å². The summed E-state index contributed by atoms with van der Waals surface area (Å²) in [6.07, 6.45) is 5.73. The van der Waals surface area contributed by atoms with Crippen LogP contribution < -0.4 is 11.0 Å². The van der Waals surface area contributed by atoms with Crippen LogP contribution in [0.25, 0.3) is 0 Å². The summed E-state index contributed by atoms with van der Waals surface area (Å²) in [7, 11) is -3.43. The maximum absolute atomic E-state index is 12.4. The van der Waals surface area contributed by atoms with E-state index in [4.69, 9.17) is 4.18 Å². The number of hydrogen-bond acceptors (Lipinski definition) is 6. The molecule has 1 saturated carbocycles. The number of aromatic nitrogens is 2. The van der Waals surface area contributed by atoms with Crippen molar-refractivity contribution >= 4 is 21.8 Å². The first-order valence-electron chi connectivity index (χ1n) is 9.12. The van der Waals surface area contributed by atoms with E-state index in [-0.39, 0.29) is 30.3 Å². The Kier molecular flexibility index (Phi) is 6.25. The number of benzene rings is 1. The lowest BCUT2D eigenvalue weighted by Gasteiger charge is -2.29. The van der Waals surface area contributed by atoms with Gasteiger partial charge in [-0.05, 0) is 49.8 Å². The lowest BCUT2D eigenvalue weighted by Crippen LogP contribution is -2.31. The van der Waals surface area contributed by atoms with E-state index in [0.29, 0.717) is 5.56 Å². The number of anilines is 1. The first kappa shape index (κ1) is 20.2. The van der Waals surface area contributed by atoms with Crippen molar-refractivity contribution in [3.63, 3.8) is 0 Å². The second-order valence-electron chi connectivity index (χ2n) is 6.99. The summed E-state index contributed by atoms with van der Waals surface area (Å²) in [6.45, 7) is 0.184. The van der Waals surface area contributed by atoms with E-state index in [1.807, 2.05) is 6.07 Å². The third-order valence-electron chi connectivity index (χ3n) is 4.84. The predicted octanol–water partition coefficient (Wildman–Crippen LogP) is 2.20. The lowest BCUT2D eigenvalue weighted by atomic mass is 9.86. The van der Waals surface area contributed by atoms with Gasteiger partial charge in [0.15, 0.2) is 0 Å². The number of carbonyl (C=O) groups excluding carboxylic acids is 1.